The van der Waals surface area contributed by atoms with Crippen LogP contribution in [0.2, 0.25) is 5.02 Å². The average molecular weight is 329 g/mol. The van der Waals surface area contributed by atoms with Crippen LogP contribution in [0.3, 0.4) is 0 Å². The summed E-state index contributed by atoms with van der Waals surface area (Å²) in [6.45, 7) is 1.01. The van der Waals surface area contributed by atoms with Gasteiger partial charge in [0.1, 0.15) is 0 Å². The van der Waals surface area contributed by atoms with E-state index in [0.717, 1.165) is 29.4 Å². The van der Waals surface area contributed by atoms with E-state index in [2.05, 4.69) is 31.4 Å². The summed E-state index contributed by atoms with van der Waals surface area (Å²) < 4.78 is 6.13. The van der Waals surface area contributed by atoms with Gasteiger partial charge < -0.3 is 9.84 Å². The number of hydrogen-bond acceptors (Lipinski definition) is 4. The van der Waals surface area contributed by atoms with E-state index < -0.39 is 0 Å². The first-order valence-electron chi connectivity index (χ1n) is 5.76. The smallest absolute Gasteiger partial charge is 0.244 e. The van der Waals surface area contributed by atoms with Crippen LogP contribution in [0.1, 0.15) is 24.8 Å². The highest BCUT2D eigenvalue weighted by Gasteiger charge is 2.22. The largest absolute Gasteiger partial charge is 0.337 e. The van der Waals surface area contributed by atoms with Gasteiger partial charge in [0.05, 0.1) is 11.1 Å². The molecule has 1 aliphatic rings. The van der Waals surface area contributed by atoms with E-state index >= 15 is 0 Å². The molecule has 1 N–H and O–H groups in total. The Kier molecular flexibility index (Phi) is 3.37. The monoisotopic (exact) mass is 327 g/mol. The summed E-state index contributed by atoms with van der Waals surface area (Å²) in [4.78, 5) is 4.43. The Morgan fingerprint density at radius 2 is 2.33 bits per heavy atom. The van der Waals surface area contributed by atoms with Gasteiger partial charge in [-0.05, 0) is 53.5 Å². The van der Waals surface area contributed by atoms with Crippen LogP contribution >= 0.6 is 27.5 Å². The highest BCUT2D eigenvalue weighted by molar-refractivity contribution is 9.10. The molecule has 0 aliphatic carbocycles. The van der Waals surface area contributed by atoms with Crippen molar-refractivity contribution in [1.82, 2.24) is 15.5 Å². The molecule has 0 radical (unpaired) electrons. The number of aromatic nitrogens is 2. The van der Waals surface area contributed by atoms with Gasteiger partial charge in [0.25, 0.3) is 0 Å². The molecule has 1 unspecified atom stereocenters. The predicted octanol–water partition coefficient (Wildman–Crippen LogP) is 3.58. The summed E-state index contributed by atoms with van der Waals surface area (Å²) in [5.41, 5.74) is 0.888. The Labute approximate surface area is 118 Å². The molecule has 3 rings (SSSR count). The summed E-state index contributed by atoms with van der Waals surface area (Å²) in [5.74, 6) is 1.25. The summed E-state index contributed by atoms with van der Waals surface area (Å²) in [5, 5.41) is 8.01. The van der Waals surface area contributed by atoms with Gasteiger partial charge in [-0.2, -0.15) is 4.98 Å². The molecule has 1 aromatic carbocycles. The van der Waals surface area contributed by atoms with Crippen molar-refractivity contribution in [2.45, 2.75) is 18.9 Å². The molecular formula is C12H11BrClN3O. The van der Waals surface area contributed by atoms with Crippen LogP contribution in [-0.4, -0.2) is 16.7 Å². The number of hydrogen-bond donors (Lipinski definition) is 1. The van der Waals surface area contributed by atoms with E-state index in [1.807, 2.05) is 18.2 Å². The molecule has 18 heavy (non-hydrogen) atoms. The van der Waals surface area contributed by atoms with Crippen LogP contribution in [0.15, 0.2) is 27.2 Å². The maximum Gasteiger partial charge on any atom is 0.244 e. The zero-order valence-corrected chi connectivity index (χ0v) is 11.8. The molecule has 1 aromatic heterocycles. The first-order chi connectivity index (χ1) is 8.74. The van der Waals surface area contributed by atoms with Crippen LogP contribution in [0.4, 0.5) is 0 Å². The Hall–Kier alpha value is -0.910. The minimum absolute atomic E-state index is 0.196. The van der Waals surface area contributed by atoms with Crippen molar-refractivity contribution in [2.75, 3.05) is 6.54 Å². The molecule has 0 bridgehead atoms. The average Bonchev–Trinajstić information content (AvgIpc) is 3.01. The van der Waals surface area contributed by atoms with Crippen molar-refractivity contribution in [3.05, 3.63) is 33.6 Å². The Bertz CT molecular complexity index is 566. The highest BCUT2D eigenvalue weighted by atomic mass is 79.9. The van der Waals surface area contributed by atoms with Gasteiger partial charge in [0.15, 0.2) is 0 Å². The minimum Gasteiger partial charge on any atom is -0.337 e. The van der Waals surface area contributed by atoms with Crippen molar-refractivity contribution >= 4 is 27.5 Å². The Balaban J connectivity index is 1.89. The summed E-state index contributed by atoms with van der Waals surface area (Å²) in [7, 11) is 0. The van der Waals surface area contributed by atoms with Crippen molar-refractivity contribution in [2.24, 2.45) is 0 Å². The zero-order valence-electron chi connectivity index (χ0n) is 9.49. The minimum atomic E-state index is 0.196. The summed E-state index contributed by atoms with van der Waals surface area (Å²) in [6.07, 6.45) is 2.20. The number of rotatable bonds is 2. The molecule has 6 heteroatoms. The fourth-order valence-corrected chi connectivity index (χ4v) is 2.52. The Morgan fingerprint density at radius 1 is 1.44 bits per heavy atom. The molecular weight excluding hydrogens is 318 g/mol. The lowest BCUT2D eigenvalue weighted by Gasteiger charge is -2.01. The number of nitrogens with zero attached hydrogens (tertiary/aromatic N) is 2. The summed E-state index contributed by atoms with van der Waals surface area (Å²) >= 11 is 9.34. The second-order valence-electron chi connectivity index (χ2n) is 4.23. The molecule has 1 saturated heterocycles. The van der Waals surface area contributed by atoms with E-state index in [9.17, 15) is 0 Å². The van der Waals surface area contributed by atoms with E-state index in [1.165, 1.54) is 0 Å². The molecule has 4 nitrogen and oxygen atoms in total. The normalized spacial score (nSPS) is 19.3. The van der Waals surface area contributed by atoms with Gasteiger partial charge in [-0.25, -0.2) is 0 Å². The molecule has 0 amide bonds. The van der Waals surface area contributed by atoms with Crippen LogP contribution in [0, 0.1) is 0 Å². The maximum atomic E-state index is 5.96. The molecule has 94 valence electrons. The van der Waals surface area contributed by atoms with E-state index in [1.54, 1.807) is 0 Å². The lowest BCUT2D eigenvalue weighted by molar-refractivity contribution is 0.345. The fraction of sp³-hybridized carbons (Fsp3) is 0.333. The SMILES string of the molecule is Clc1ccc(-c2noc(C3CCCN3)n2)cc1Br. The van der Waals surface area contributed by atoms with Gasteiger partial charge in [-0.15, -0.1) is 0 Å². The van der Waals surface area contributed by atoms with Gasteiger partial charge in [0, 0.05) is 10.0 Å². The van der Waals surface area contributed by atoms with E-state index in [0.29, 0.717) is 16.7 Å². The molecule has 2 aromatic rings. The van der Waals surface area contributed by atoms with Crippen LogP contribution in [0.25, 0.3) is 11.4 Å². The van der Waals surface area contributed by atoms with E-state index in [4.69, 9.17) is 16.1 Å². The third-order valence-corrected chi connectivity index (χ3v) is 4.19. The molecule has 2 heterocycles. The summed E-state index contributed by atoms with van der Waals surface area (Å²) in [6, 6.07) is 5.77. The van der Waals surface area contributed by atoms with Crippen LogP contribution < -0.4 is 5.32 Å². The first-order valence-corrected chi connectivity index (χ1v) is 6.93. The molecule has 1 fully saturated rings. The fourth-order valence-electron chi connectivity index (χ4n) is 2.02. The molecule has 0 spiro atoms. The van der Waals surface area contributed by atoms with Crippen molar-refractivity contribution in [3.63, 3.8) is 0 Å². The maximum absolute atomic E-state index is 5.96. The zero-order chi connectivity index (χ0) is 12.5. The molecule has 0 saturated carbocycles. The van der Waals surface area contributed by atoms with Crippen LogP contribution in [0.5, 0.6) is 0 Å². The second-order valence-corrected chi connectivity index (χ2v) is 5.50. The lowest BCUT2D eigenvalue weighted by Crippen LogP contribution is -2.12. The van der Waals surface area contributed by atoms with Crippen molar-refractivity contribution in [1.29, 1.82) is 0 Å². The number of benzene rings is 1. The highest BCUT2D eigenvalue weighted by Crippen LogP contribution is 2.29. The lowest BCUT2D eigenvalue weighted by atomic mass is 10.2. The number of nitrogens with one attached hydrogen (secondary N) is 1. The third-order valence-electron chi connectivity index (χ3n) is 2.98. The first kappa shape index (κ1) is 12.1. The Morgan fingerprint density at radius 3 is 3.06 bits per heavy atom. The molecule has 1 aliphatic heterocycles. The van der Waals surface area contributed by atoms with Crippen molar-refractivity contribution < 1.29 is 4.52 Å². The van der Waals surface area contributed by atoms with Gasteiger partial charge in [-0.3, -0.25) is 0 Å². The standard InChI is InChI=1S/C12H11BrClN3O/c13-8-6-7(3-4-9(8)14)11-16-12(18-17-11)10-2-1-5-15-10/h3-4,6,10,15H,1-2,5H2. The van der Waals surface area contributed by atoms with Crippen molar-refractivity contribution in [3.8, 4) is 11.4 Å². The number of halogens is 2. The van der Waals surface area contributed by atoms with Gasteiger partial charge in [0.2, 0.25) is 11.7 Å². The van der Waals surface area contributed by atoms with E-state index in [-0.39, 0.29) is 6.04 Å². The third kappa shape index (κ3) is 2.30. The predicted molar refractivity (Wildman–Crippen MR) is 72.4 cm³/mol. The second kappa shape index (κ2) is 4.99. The van der Waals surface area contributed by atoms with Crippen LogP contribution in [-0.2, 0) is 0 Å². The quantitative estimate of drug-likeness (QED) is 0.915. The topological polar surface area (TPSA) is 51.0 Å². The molecule has 1 atom stereocenters. The van der Waals surface area contributed by atoms with Gasteiger partial charge >= 0.3 is 0 Å². The van der Waals surface area contributed by atoms with Gasteiger partial charge in [-0.1, -0.05) is 16.8 Å².